The summed E-state index contributed by atoms with van der Waals surface area (Å²) in [5.74, 6) is 4.11. The maximum atomic E-state index is 9.74. The molecule has 1 saturated heterocycles. The zero-order valence-corrected chi connectivity index (χ0v) is 26.0. The predicted molar refractivity (Wildman–Crippen MR) is 163 cm³/mol. The molecule has 1 heterocycles. The minimum atomic E-state index is -1.46. The van der Waals surface area contributed by atoms with Crippen LogP contribution in [0.2, 0.25) is 19.1 Å². The highest BCUT2D eigenvalue weighted by atomic mass is 28.3. The van der Waals surface area contributed by atoms with Crippen LogP contribution in [0, 0.1) is 23.7 Å². The molecule has 216 valence electrons. The normalized spacial score (nSPS) is 28.8. The first-order valence-electron chi connectivity index (χ1n) is 16.4. The van der Waals surface area contributed by atoms with Gasteiger partial charge in [-0.05, 0) is 74.2 Å². The third-order valence-corrected chi connectivity index (χ3v) is 13.9. The van der Waals surface area contributed by atoms with Crippen molar-refractivity contribution in [1.82, 2.24) is 0 Å². The Bertz CT molecular complexity index is 773. The van der Waals surface area contributed by atoms with E-state index in [1.54, 1.807) is 10.8 Å². The second kappa shape index (κ2) is 15.4. The minimum Gasteiger partial charge on any atom is -0.396 e. The highest BCUT2D eigenvalue weighted by Gasteiger charge is 2.31. The summed E-state index contributed by atoms with van der Waals surface area (Å²) in [5, 5.41) is 11.3. The standard InChI is InChI=1S/C34H58O3Si/c1-4-5-6-8-27-10-12-29(13-11-27)30-14-16-31(17-15-30)32-18-20-34(21-19-32)38(2,3)22-7-9-28(23-35)24-36-25-33-26-37-33/h18-21,27-31,33,35H,4-17,22-26H2,1-3H3. The zero-order valence-electron chi connectivity index (χ0n) is 25.0. The smallest absolute Gasteiger partial charge is 0.104 e. The first kappa shape index (κ1) is 30.3. The molecule has 4 heteroatoms. The number of hydrogen-bond donors (Lipinski definition) is 1. The molecule has 1 aromatic rings. The maximum Gasteiger partial charge on any atom is 0.104 e. The number of hydrogen-bond acceptors (Lipinski definition) is 3. The van der Waals surface area contributed by atoms with E-state index in [2.05, 4.69) is 44.3 Å². The van der Waals surface area contributed by atoms with Crippen LogP contribution in [0.3, 0.4) is 0 Å². The molecule has 2 unspecified atom stereocenters. The van der Waals surface area contributed by atoms with E-state index in [1.165, 1.54) is 89.5 Å². The van der Waals surface area contributed by atoms with Crippen LogP contribution in [0.25, 0.3) is 0 Å². The Kier molecular flexibility index (Phi) is 12.2. The molecule has 0 aromatic heterocycles. The number of aliphatic hydroxyl groups is 1. The van der Waals surface area contributed by atoms with E-state index in [1.807, 2.05) is 0 Å². The van der Waals surface area contributed by atoms with Crippen LogP contribution in [-0.2, 0) is 9.47 Å². The Morgan fingerprint density at radius 3 is 2.18 bits per heavy atom. The number of ether oxygens (including phenoxy) is 2. The third-order valence-electron chi connectivity index (χ3n) is 10.4. The quantitative estimate of drug-likeness (QED) is 0.130. The van der Waals surface area contributed by atoms with Crippen LogP contribution >= 0.6 is 0 Å². The molecule has 1 N–H and O–H groups in total. The molecule has 4 rings (SSSR count). The van der Waals surface area contributed by atoms with Gasteiger partial charge in [-0.3, -0.25) is 0 Å². The van der Waals surface area contributed by atoms with Crippen molar-refractivity contribution >= 4 is 13.3 Å². The lowest BCUT2D eigenvalue weighted by atomic mass is 9.68. The molecule has 0 radical (unpaired) electrons. The summed E-state index contributed by atoms with van der Waals surface area (Å²) in [6.45, 7) is 9.77. The first-order valence-corrected chi connectivity index (χ1v) is 19.6. The fourth-order valence-corrected chi connectivity index (χ4v) is 9.94. The van der Waals surface area contributed by atoms with E-state index in [-0.39, 0.29) is 12.5 Å². The van der Waals surface area contributed by atoms with Crippen molar-refractivity contribution in [3.8, 4) is 0 Å². The second-order valence-corrected chi connectivity index (χ2v) is 18.7. The molecule has 3 nitrogen and oxygen atoms in total. The number of aliphatic hydroxyl groups excluding tert-OH is 1. The van der Waals surface area contributed by atoms with Crippen LogP contribution < -0.4 is 5.19 Å². The predicted octanol–water partition coefficient (Wildman–Crippen LogP) is 8.07. The Morgan fingerprint density at radius 2 is 1.58 bits per heavy atom. The van der Waals surface area contributed by atoms with Gasteiger partial charge in [0, 0.05) is 12.5 Å². The number of benzene rings is 1. The Morgan fingerprint density at radius 1 is 0.921 bits per heavy atom. The van der Waals surface area contributed by atoms with E-state index in [0.717, 1.165) is 36.7 Å². The SMILES string of the molecule is CCCCCC1CCC(C2CCC(c3ccc([Si](C)(C)CCCC(CO)COCC4CO4)cc3)CC2)CC1. The topological polar surface area (TPSA) is 42.0 Å². The van der Waals surface area contributed by atoms with Crippen molar-refractivity contribution in [3.05, 3.63) is 29.8 Å². The Balaban J connectivity index is 1.16. The summed E-state index contributed by atoms with van der Waals surface area (Å²) >= 11 is 0. The Hall–Kier alpha value is -0.683. The molecule has 0 spiro atoms. The van der Waals surface area contributed by atoms with Gasteiger partial charge in [0.25, 0.3) is 0 Å². The third kappa shape index (κ3) is 9.46. The lowest BCUT2D eigenvalue weighted by molar-refractivity contribution is 0.0600. The molecule has 0 amide bonds. The molecule has 2 saturated carbocycles. The van der Waals surface area contributed by atoms with Crippen LogP contribution in [0.1, 0.15) is 108 Å². The van der Waals surface area contributed by atoms with Crippen LogP contribution in [0.5, 0.6) is 0 Å². The highest BCUT2D eigenvalue weighted by molar-refractivity contribution is 6.89. The molecule has 1 aliphatic heterocycles. The van der Waals surface area contributed by atoms with E-state index in [4.69, 9.17) is 9.47 Å². The highest BCUT2D eigenvalue weighted by Crippen LogP contribution is 2.44. The second-order valence-electron chi connectivity index (χ2n) is 13.8. The van der Waals surface area contributed by atoms with Gasteiger partial charge in [0.1, 0.15) is 6.10 Å². The molecule has 3 aliphatic rings. The average molecular weight is 543 g/mol. The van der Waals surface area contributed by atoms with Gasteiger partial charge in [-0.2, -0.15) is 0 Å². The molecule has 2 aliphatic carbocycles. The average Bonchev–Trinajstić information content (AvgIpc) is 3.77. The van der Waals surface area contributed by atoms with Crippen molar-refractivity contribution in [2.24, 2.45) is 23.7 Å². The van der Waals surface area contributed by atoms with Crippen LogP contribution in [0.15, 0.2) is 24.3 Å². The van der Waals surface area contributed by atoms with Crippen molar-refractivity contribution < 1.29 is 14.6 Å². The van der Waals surface area contributed by atoms with Crippen LogP contribution in [0.4, 0.5) is 0 Å². The largest absolute Gasteiger partial charge is 0.396 e. The summed E-state index contributed by atoms with van der Waals surface area (Å²) in [7, 11) is -1.46. The monoisotopic (exact) mass is 542 g/mol. The lowest BCUT2D eigenvalue weighted by Crippen LogP contribution is -2.41. The number of epoxide rings is 1. The van der Waals surface area contributed by atoms with Gasteiger partial charge >= 0.3 is 0 Å². The lowest BCUT2D eigenvalue weighted by Gasteiger charge is -2.38. The fourth-order valence-electron chi connectivity index (χ4n) is 7.50. The van der Waals surface area contributed by atoms with Gasteiger partial charge in [0.05, 0.1) is 27.9 Å². The minimum absolute atomic E-state index is 0.227. The molecular weight excluding hydrogens is 484 g/mol. The summed E-state index contributed by atoms with van der Waals surface area (Å²) in [6, 6.07) is 11.2. The molecule has 1 aromatic carbocycles. The molecule has 3 fully saturated rings. The van der Waals surface area contributed by atoms with Gasteiger partial charge in [0.15, 0.2) is 0 Å². The summed E-state index contributed by atoms with van der Waals surface area (Å²) < 4.78 is 10.9. The summed E-state index contributed by atoms with van der Waals surface area (Å²) in [6.07, 6.45) is 20.1. The van der Waals surface area contributed by atoms with Crippen molar-refractivity contribution in [2.45, 2.75) is 128 Å². The van der Waals surface area contributed by atoms with Crippen molar-refractivity contribution in [3.63, 3.8) is 0 Å². The van der Waals surface area contributed by atoms with E-state index in [9.17, 15) is 5.11 Å². The Labute approximate surface area is 235 Å². The van der Waals surface area contributed by atoms with E-state index >= 15 is 0 Å². The summed E-state index contributed by atoms with van der Waals surface area (Å²) in [5.41, 5.74) is 1.59. The molecule has 0 bridgehead atoms. The van der Waals surface area contributed by atoms with Gasteiger partial charge in [-0.15, -0.1) is 0 Å². The fraction of sp³-hybridized carbons (Fsp3) is 0.824. The van der Waals surface area contributed by atoms with E-state index < -0.39 is 8.07 Å². The first-order chi connectivity index (χ1) is 18.5. The maximum absolute atomic E-state index is 9.74. The van der Waals surface area contributed by atoms with E-state index in [0.29, 0.717) is 19.3 Å². The number of rotatable bonds is 16. The molecular formula is C34H58O3Si. The summed E-state index contributed by atoms with van der Waals surface area (Å²) in [4.78, 5) is 0. The number of unbranched alkanes of at least 4 members (excludes halogenated alkanes) is 2. The van der Waals surface area contributed by atoms with Crippen molar-refractivity contribution in [2.75, 3.05) is 26.4 Å². The molecule has 38 heavy (non-hydrogen) atoms. The van der Waals surface area contributed by atoms with Gasteiger partial charge < -0.3 is 14.6 Å². The van der Waals surface area contributed by atoms with Crippen LogP contribution in [-0.4, -0.2) is 45.7 Å². The zero-order chi connectivity index (χ0) is 26.8. The van der Waals surface area contributed by atoms with Crippen molar-refractivity contribution in [1.29, 1.82) is 0 Å². The van der Waals surface area contributed by atoms with Gasteiger partial charge in [-0.1, -0.05) is 100 Å². The van der Waals surface area contributed by atoms with Gasteiger partial charge in [0.2, 0.25) is 0 Å². The molecule has 2 atom stereocenters. The van der Waals surface area contributed by atoms with Gasteiger partial charge in [-0.25, -0.2) is 0 Å².